The molecule has 0 spiro atoms. The summed E-state index contributed by atoms with van der Waals surface area (Å²) in [4.78, 5) is 0. The van der Waals surface area contributed by atoms with E-state index >= 15 is 0 Å². The molecule has 0 radical (unpaired) electrons. The van der Waals surface area contributed by atoms with Gasteiger partial charge in [-0.3, -0.25) is 0 Å². The number of hydrogen-bond donors (Lipinski definition) is 2. The van der Waals surface area contributed by atoms with Crippen molar-refractivity contribution in [3.8, 4) is 11.8 Å². The Hall–Kier alpha value is -0.520. The van der Waals surface area contributed by atoms with Crippen LogP contribution in [0.15, 0.2) is 0 Å². The van der Waals surface area contributed by atoms with E-state index in [0.29, 0.717) is 5.92 Å². The molecule has 0 saturated heterocycles. The van der Waals surface area contributed by atoms with Crippen molar-refractivity contribution in [2.45, 2.75) is 26.7 Å². The highest BCUT2D eigenvalue weighted by Crippen LogP contribution is 1.97. The molecule has 0 aromatic heterocycles. The van der Waals surface area contributed by atoms with E-state index in [0.717, 1.165) is 25.9 Å². The zero-order chi connectivity index (χ0) is 9.23. The van der Waals surface area contributed by atoms with Crippen molar-refractivity contribution in [2.24, 2.45) is 5.92 Å². The van der Waals surface area contributed by atoms with Crippen molar-refractivity contribution < 1.29 is 5.11 Å². The second-order valence-electron chi connectivity index (χ2n) is 3.00. The van der Waals surface area contributed by atoms with Crippen LogP contribution in [-0.2, 0) is 0 Å². The fourth-order valence-corrected chi connectivity index (χ4v) is 0.947. The van der Waals surface area contributed by atoms with Crippen molar-refractivity contribution in [3.63, 3.8) is 0 Å². The molecule has 0 rings (SSSR count). The first-order valence-corrected chi connectivity index (χ1v) is 4.52. The average molecular weight is 169 g/mol. The predicted octanol–water partition coefficient (Wildman–Crippen LogP) is 1.01. The normalized spacial score (nSPS) is 11.9. The maximum Gasteiger partial charge on any atom is 0.0434 e. The number of nitrogens with one attached hydrogen (secondary N) is 1. The van der Waals surface area contributed by atoms with Crippen molar-refractivity contribution in [1.29, 1.82) is 0 Å². The molecule has 70 valence electrons. The molecule has 1 atom stereocenters. The van der Waals surface area contributed by atoms with Gasteiger partial charge in [0.15, 0.2) is 0 Å². The second kappa shape index (κ2) is 8.58. The lowest BCUT2D eigenvalue weighted by atomic mass is 10.1. The summed E-state index contributed by atoms with van der Waals surface area (Å²) < 4.78 is 0. The maximum atomic E-state index is 8.63. The van der Waals surface area contributed by atoms with Gasteiger partial charge in [0.25, 0.3) is 0 Å². The van der Waals surface area contributed by atoms with E-state index in [-0.39, 0.29) is 6.61 Å². The van der Waals surface area contributed by atoms with Gasteiger partial charge in [0.05, 0.1) is 0 Å². The molecule has 0 aliphatic heterocycles. The maximum absolute atomic E-state index is 8.63. The molecule has 2 N–H and O–H groups in total. The minimum Gasteiger partial charge on any atom is -0.396 e. The highest BCUT2D eigenvalue weighted by atomic mass is 16.3. The van der Waals surface area contributed by atoms with Crippen molar-refractivity contribution in [1.82, 2.24) is 5.32 Å². The third-order valence-electron chi connectivity index (χ3n) is 1.72. The summed E-state index contributed by atoms with van der Waals surface area (Å²) in [6, 6.07) is 0. The van der Waals surface area contributed by atoms with Crippen molar-refractivity contribution in [3.05, 3.63) is 0 Å². The van der Waals surface area contributed by atoms with E-state index in [1.165, 1.54) is 0 Å². The Morgan fingerprint density at radius 1 is 1.50 bits per heavy atom. The Labute approximate surface area is 75.4 Å². The Morgan fingerprint density at radius 3 is 2.83 bits per heavy atom. The van der Waals surface area contributed by atoms with Crippen molar-refractivity contribution in [2.75, 3.05) is 19.7 Å². The first-order valence-electron chi connectivity index (χ1n) is 4.52. The average Bonchev–Trinajstić information content (AvgIpc) is 2.05. The SMILES string of the molecule is CC#CCCNCC(C)CCO. The van der Waals surface area contributed by atoms with Gasteiger partial charge in [-0.25, -0.2) is 0 Å². The summed E-state index contributed by atoms with van der Waals surface area (Å²) in [5.74, 6) is 6.40. The topological polar surface area (TPSA) is 32.3 Å². The van der Waals surface area contributed by atoms with Crippen LogP contribution in [0.1, 0.15) is 26.7 Å². The molecule has 0 saturated carbocycles. The molecule has 0 amide bonds. The van der Waals surface area contributed by atoms with Crippen LogP contribution < -0.4 is 5.32 Å². The highest BCUT2D eigenvalue weighted by Gasteiger charge is 1.98. The Kier molecular flexibility index (Phi) is 8.20. The summed E-state index contributed by atoms with van der Waals surface area (Å²) in [6.07, 6.45) is 1.80. The van der Waals surface area contributed by atoms with E-state index in [4.69, 9.17) is 5.11 Å². The van der Waals surface area contributed by atoms with Gasteiger partial charge in [-0.2, -0.15) is 0 Å². The Morgan fingerprint density at radius 2 is 2.25 bits per heavy atom. The third kappa shape index (κ3) is 7.59. The van der Waals surface area contributed by atoms with E-state index in [9.17, 15) is 0 Å². The molecule has 0 fully saturated rings. The molecule has 1 unspecified atom stereocenters. The monoisotopic (exact) mass is 169 g/mol. The van der Waals surface area contributed by atoms with E-state index in [1.807, 2.05) is 6.92 Å². The van der Waals surface area contributed by atoms with Gasteiger partial charge in [0.2, 0.25) is 0 Å². The van der Waals surface area contributed by atoms with E-state index in [2.05, 4.69) is 24.1 Å². The fourth-order valence-electron chi connectivity index (χ4n) is 0.947. The number of hydrogen-bond acceptors (Lipinski definition) is 2. The lowest BCUT2D eigenvalue weighted by Gasteiger charge is -2.09. The van der Waals surface area contributed by atoms with Crippen LogP contribution >= 0.6 is 0 Å². The van der Waals surface area contributed by atoms with Gasteiger partial charge in [0, 0.05) is 19.6 Å². The van der Waals surface area contributed by atoms with E-state index < -0.39 is 0 Å². The standard InChI is InChI=1S/C10H19NO/c1-3-4-5-7-11-9-10(2)6-8-12/h10-12H,5-9H2,1-2H3. The van der Waals surface area contributed by atoms with Gasteiger partial charge in [-0.1, -0.05) is 6.92 Å². The molecule has 0 aromatic rings. The Bertz CT molecular complexity index is 146. The zero-order valence-corrected chi connectivity index (χ0v) is 8.06. The Balaban J connectivity index is 3.11. The molecular weight excluding hydrogens is 150 g/mol. The molecule has 0 bridgehead atoms. The molecule has 0 aliphatic carbocycles. The van der Waals surface area contributed by atoms with E-state index in [1.54, 1.807) is 0 Å². The summed E-state index contributed by atoms with van der Waals surface area (Å²) in [5.41, 5.74) is 0. The lowest BCUT2D eigenvalue weighted by Crippen LogP contribution is -2.22. The van der Waals surface area contributed by atoms with Crippen LogP contribution in [-0.4, -0.2) is 24.8 Å². The summed E-state index contributed by atoms with van der Waals surface area (Å²) in [6.45, 7) is 6.21. The molecule has 0 aromatic carbocycles. The van der Waals surface area contributed by atoms with Gasteiger partial charge < -0.3 is 10.4 Å². The van der Waals surface area contributed by atoms with Crippen LogP contribution in [0.3, 0.4) is 0 Å². The first-order chi connectivity index (χ1) is 5.81. The molecular formula is C10H19NO. The van der Waals surface area contributed by atoms with Crippen LogP contribution in [0.25, 0.3) is 0 Å². The largest absolute Gasteiger partial charge is 0.396 e. The molecule has 0 aliphatic rings. The van der Waals surface area contributed by atoms with Crippen LogP contribution in [0.5, 0.6) is 0 Å². The number of aliphatic hydroxyl groups is 1. The number of aliphatic hydroxyl groups excluding tert-OH is 1. The van der Waals surface area contributed by atoms with Crippen molar-refractivity contribution >= 4 is 0 Å². The van der Waals surface area contributed by atoms with Gasteiger partial charge >= 0.3 is 0 Å². The fraction of sp³-hybridized carbons (Fsp3) is 0.800. The summed E-state index contributed by atoms with van der Waals surface area (Å²) >= 11 is 0. The lowest BCUT2D eigenvalue weighted by molar-refractivity contribution is 0.260. The van der Waals surface area contributed by atoms with Crippen LogP contribution in [0.4, 0.5) is 0 Å². The smallest absolute Gasteiger partial charge is 0.0434 e. The summed E-state index contributed by atoms with van der Waals surface area (Å²) in [5, 5.41) is 11.9. The zero-order valence-electron chi connectivity index (χ0n) is 8.06. The van der Waals surface area contributed by atoms with Gasteiger partial charge in [0.1, 0.15) is 0 Å². The summed E-state index contributed by atoms with van der Waals surface area (Å²) in [7, 11) is 0. The minimum absolute atomic E-state index is 0.289. The minimum atomic E-state index is 0.289. The molecule has 12 heavy (non-hydrogen) atoms. The number of rotatable bonds is 6. The van der Waals surface area contributed by atoms with Gasteiger partial charge in [-0.05, 0) is 25.8 Å². The molecule has 0 heterocycles. The van der Waals surface area contributed by atoms with Crippen LogP contribution in [0.2, 0.25) is 0 Å². The first kappa shape index (κ1) is 11.5. The van der Waals surface area contributed by atoms with Gasteiger partial charge in [-0.15, -0.1) is 11.8 Å². The molecule has 2 nitrogen and oxygen atoms in total. The predicted molar refractivity (Wildman–Crippen MR) is 51.8 cm³/mol. The highest BCUT2D eigenvalue weighted by molar-refractivity contribution is 4.95. The third-order valence-corrected chi connectivity index (χ3v) is 1.72. The second-order valence-corrected chi connectivity index (χ2v) is 3.00. The quantitative estimate of drug-likeness (QED) is 0.459. The van der Waals surface area contributed by atoms with Crippen LogP contribution in [0, 0.1) is 17.8 Å². The molecule has 2 heteroatoms.